The molecule has 1 aromatic heterocycles. The molecule has 3 rings (SSSR count). The minimum atomic E-state index is -0.201. The highest BCUT2D eigenvalue weighted by Crippen LogP contribution is 2.29. The predicted molar refractivity (Wildman–Crippen MR) is 129 cm³/mol. The zero-order valence-electron chi connectivity index (χ0n) is 16.8. The molecule has 0 saturated heterocycles. The van der Waals surface area contributed by atoms with Gasteiger partial charge in [0.1, 0.15) is 5.82 Å². The Balaban J connectivity index is 0.00000300. The highest BCUT2D eigenvalue weighted by Gasteiger charge is 2.22. The van der Waals surface area contributed by atoms with Gasteiger partial charge in [-0.1, -0.05) is 6.07 Å². The number of thioether (sulfide) groups is 1. The van der Waals surface area contributed by atoms with Crippen LogP contribution in [0, 0.1) is 11.7 Å². The average molecular weight is 530 g/mol. The Hall–Kier alpha value is -1.55. The lowest BCUT2D eigenvalue weighted by molar-refractivity contribution is 0.288. The molecule has 0 unspecified atom stereocenters. The lowest BCUT2D eigenvalue weighted by atomic mass is 10.1. The van der Waals surface area contributed by atoms with Crippen molar-refractivity contribution in [3.05, 3.63) is 59.0 Å². The van der Waals surface area contributed by atoms with Crippen molar-refractivity contribution in [3.8, 4) is 5.88 Å². The van der Waals surface area contributed by atoms with Crippen LogP contribution in [0.4, 0.5) is 4.39 Å². The van der Waals surface area contributed by atoms with Gasteiger partial charge in [-0.05, 0) is 59.9 Å². The second-order valence-electron chi connectivity index (χ2n) is 6.88. The molecule has 0 amide bonds. The molecule has 5 nitrogen and oxygen atoms in total. The number of benzene rings is 1. The van der Waals surface area contributed by atoms with Crippen molar-refractivity contribution in [2.45, 2.75) is 31.7 Å². The molecule has 0 aliphatic heterocycles. The normalized spacial score (nSPS) is 13.6. The Morgan fingerprint density at radius 1 is 1.21 bits per heavy atom. The molecule has 0 atom stereocenters. The molecular formula is C21H28FIN4OS. The maximum absolute atomic E-state index is 13.5. The van der Waals surface area contributed by atoms with Gasteiger partial charge in [0.2, 0.25) is 5.88 Å². The first-order valence-corrected chi connectivity index (χ1v) is 10.9. The largest absolute Gasteiger partial charge is 0.477 e. The van der Waals surface area contributed by atoms with Crippen molar-refractivity contribution in [2.24, 2.45) is 10.9 Å². The van der Waals surface area contributed by atoms with Crippen LogP contribution in [-0.4, -0.2) is 30.9 Å². The second kappa shape index (κ2) is 12.2. The molecule has 1 aliphatic carbocycles. The topological polar surface area (TPSA) is 58.5 Å². The number of guanidine groups is 1. The number of halogens is 2. The summed E-state index contributed by atoms with van der Waals surface area (Å²) in [6, 6.07) is 8.84. The van der Waals surface area contributed by atoms with Crippen molar-refractivity contribution >= 4 is 41.7 Å². The fraction of sp³-hybridized carbons (Fsp3) is 0.429. The number of hydrogen-bond acceptors (Lipinski definition) is 4. The third-order valence-corrected chi connectivity index (χ3v) is 5.16. The van der Waals surface area contributed by atoms with Crippen LogP contribution >= 0.6 is 35.7 Å². The van der Waals surface area contributed by atoms with Gasteiger partial charge in [-0.3, -0.25) is 4.99 Å². The number of aromatic nitrogens is 1. The maximum Gasteiger partial charge on any atom is 0.213 e. The molecule has 0 radical (unpaired) electrons. The summed E-state index contributed by atoms with van der Waals surface area (Å²) < 4.78 is 19.2. The molecule has 29 heavy (non-hydrogen) atoms. The standard InChI is InChI=1S/C21H27FN4OS.HI/c1-23-21(26-12-17-5-6-19(22)10-18(17)14-28-2)25-11-16-7-8-24-20(9-16)27-13-15-3-4-15;/h5-10,15H,3-4,11-14H2,1-2H3,(H2,23,25,26);1H. The number of nitrogens with zero attached hydrogens (tertiary/aromatic N) is 2. The Morgan fingerprint density at radius 3 is 2.72 bits per heavy atom. The molecule has 0 bridgehead atoms. The van der Waals surface area contributed by atoms with Crippen molar-refractivity contribution < 1.29 is 9.13 Å². The summed E-state index contributed by atoms with van der Waals surface area (Å²) in [6.45, 7) is 1.95. The molecule has 1 fully saturated rings. The van der Waals surface area contributed by atoms with Crippen molar-refractivity contribution in [2.75, 3.05) is 19.9 Å². The maximum atomic E-state index is 13.5. The van der Waals surface area contributed by atoms with Gasteiger partial charge in [0.05, 0.1) is 6.61 Å². The van der Waals surface area contributed by atoms with E-state index in [0.29, 0.717) is 30.8 Å². The van der Waals surface area contributed by atoms with E-state index in [1.54, 1.807) is 31.1 Å². The monoisotopic (exact) mass is 530 g/mol. The Labute approximate surface area is 193 Å². The summed E-state index contributed by atoms with van der Waals surface area (Å²) in [7, 11) is 1.74. The third kappa shape index (κ3) is 8.00. The van der Waals surface area contributed by atoms with Gasteiger partial charge in [0.15, 0.2) is 5.96 Å². The highest BCUT2D eigenvalue weighted by molar-refractivity contribution is 14.0. The van der Waals surface area contributed by atoms with Crippen LogP contribution < -0.4 is 15.4 Å². The Kier molecular flexibility index (Phi) is 9.99. The van der Waals surface area contributed by atoms with Gasteiger partial charge in [0, 0.05) is 38.2 Å². The fourth-order valence-corrected chi connectivity index (χ4v) is 3.35. The quantitative estimate of drug-likeness (QED) is 0.287. The van der Waals surface area contributed by atoms with Crippen LogP contribution in [0.1, 0.15) is 29.5 Å². The summed E-state index contributed by atoms with van der Waals surface area (Å²) in [5.41, 5.74) is 3.15. The Morgan fingerprint density at radius 2 is 2.00 bits per heavy atom. The summed E-state index contributed by atoms with van der Waals surface area (Å²) in [6.07, 6.45) is 6.30. The highest BCUT2D eigenvalue weighted by atomic mass is 127. The summed E-state index contributed by atoms with van der Waals surface area (Å²) in [5, 5.41) is 6.60. The van der Waals surface area contributed by atoms with E-state index in [1.807, 2.05) is 24.5 Å². The molecule has 2 N–H and O–H groups in total. The van der Waals surface area contributed by atoms with E-state index in [2.05, 4.69) is 20.6 Å². The van der Waals surface area contributed by atoms with E-state index in [0.717, 1.165) is 29.1 Å². The smallest absolute Gasteiger partial charge is 0.213 e. The van der Waals surface area contributed by atoms with Gasteiger partial charge in [0.25, 0.3) is 0 Å². The molecular weight excluding hydrogens is 502 g/mol. The number of aliphatic imine (C=N–C) groups is 1. The zero-order valence-corrected chi connectivity index (χ0v) is 19.9. The van der Waals surface area contributed by atoms with E-state index in [1.165, 1.54) is 18.9 Å². The first-order chi connectivity index (χ1) is 13.7. The van der Waals surface area contributed by atoms with E-state index < -0.39 is 0 Å². The van der Waals surface area contributed by atoms with Gasteiger partial charge in [-0.15, -0.1) is 24.0 Å². The van der Waals surface area contributed by atoms with E-state index in [9.17, 15) is 4.39 Å². The molecule has 1 aromatic carbocycles. The lowest BCUT2D eigenvalue weighted by Crippen LogP contribution is -2.36. The first-order valence-electron chi connectivity index (χ1n) is 9.46. The van der Waals surface area contributed by atoms with Gasteiger partial charge < -0.3 is 15.4 Å². The minimum Gasteiger partial charge on any atom is -0.477 e. The predicted octanol–water partition coefficient (Wildman–Crippen LogP) is 4.36. The average Bonchev–Trinajstić information content (AvgIpc) is 3.53. The number of rotatable bonds is 9. The number of hydrogen-bond donors (Lipinski definition) is 2. The molecule has 1 aliphatic rings. The van der Waals surface area contributed by atoms with E-state index >= 15 is 0 Å². The van der Waals surface area contributed by atoms with Crippen LogP contribution in [0.15, 0.2) is 41.5 Å². The minimum absolute atomic E-state index is 0. The van der Waals surface area contributed by atoms with Gasteiger partial charge >= 0.3 is 0 Å². The van der Waals surface area contributed by atoms with Gasteiger partial charge in [-0.2, -0.15) is 11.8 Å². The van der Waals surface area contributed by atoms with Crippen LogP contribution in [0.25, 0.3) is 0 Å². The van der Waals surface area contributed by atoms with Crippen molar-refractivity contribution in [3.63, 3.8) is 0 Å². The zero-order chi connectivity index (χ0) is 19.8. The van der Waals surface area contributed by atoms with E-state index in [-0.39, 0.29) is 29.8 Å². The summed E-state index contributed by atoms with van der Waals surface area (Å²) in [5.74, 6) is 2.64. The lowest BCUT2D eigenvalue weighted by Gasteiger charge is -2.14. The van der Waals surface area contributed by atoms with Crippen LogP contribution in [0.3, 0.4) is 0 Å². The SMILES string of the molecule is CN=C(NCc1ccnc(OCC2CC2)c1)NCc1ccc(F)cc1CSC.I. The number of ether oxygens (including phenoxy) is 1. The Bertz CT molecular complexity index is 817. The molecule has 8 heteroatoms. The molecule has 0 spiro atoms. The van der Waals surface area contributed by atoms with Crippen LogP contribution in [0.2, 0.25) is 0 Å². The number of nitrogens with one attached hydrogen (secondary N) is 2. The van der Waals surface area contributed by atoms with E-state index in [4.69, 9.17) is 4.74 Å². The first kappa shape index (κ1) is 23.7. The summed E-state index contributed by atoms with van der Waals surface area (Å²) >= 11 is 1.68. The third-order valence-electron chi connectivity index (χ3n) is 4.56. The molecule has 1 heterocycles. The van der Waals surface area contributed by atoms with Crippen LogP contribution in [-0.2, 0) is 18.8 Å². The molecule has 2 aromatic rings. The van der Waals surface area contributed by atoms with Crippen molar-refractivity contribution in [1.82, 2.24) is 15.6 Å². The second-order valence-corrected chi connectivity index (χ2v) is 7.75. The van der Waals surface area contributed by atoms with Gasteiger partial charge in [-0.25, -0.2) is 9.37 Å². The fourth-order valence-electron chi connectivity index (χ4n) is 2.77. The summed E-state index contributed by atoms with van der Waals surface area (Å²) in [4.78, 5) is 8.54. The molecule has 158 valence electrons. The van der Waals surface area contributed by atoms with Crippen molar-refractivity contribution in [1.29, 1.82) is 0 Å². The van der Waals surface area contributed by atoms with Crippen LogP contribution in [0.5, 0.6) is 5.88 Å². The number of pyridine rings is 1. The molecule has 1 saturated carbocycles.